The van der Waals surface area contributed by atoms with Crippen LogP contribution in [-0.4, -0.2) is 40.1 Å². The van der Waals surface area contributed by atoms with Crippen LogP contribution < -0.4 is 0 Å². The minimum absolute atomic E-state index is 0.0110. The Hall–Kier alpha value is -1.88. The third kappa shape index (κ3) is 2.73. The summed E-state index contributed by atoms with van der Waals surface area (Å²) in [6.07, 6.45) is 2.04. The lowest BCUT2D eigenvalue weighted by Gasteiger charge is -2.20. The monoisotopic (exact) mass is 301 g/mol. The van der Waals surface area contributed by atoms with E-state index in [4.69, 9.17) is 9.72 Å². The summed E-state index contributed by atoms with van der Waals surface area (Å²) in [4.78, 5) is 19.1. The number of hydrogen-bond acceptors (Lipinski definition) is 3. The van der Waals surface area contributed by atoms with Gasteiger partial charge in [-0.15, -0.1) is 0 Å². The van der Waals surface area contributed by atoms with Gasteiger partial charge >= 0.3 is 0 Å². The lowest BCUT2D eigenvalue weighted by atomic mass is 10.2. The van der Waals surface area contributed by atoms with Gasteiger partial charge in [-0.3, -0.25) is 4.79 Å². The Morgan fingerprint density at radius 3 is 2.82 bits per heavy atom. The van der Waals surface area contributed by atoms with Crippen molar-refractivity contribution in [3.8, 4) is 0 Å². The van der Waals surface area contributed by atoms with Gasteiger partial charge in [-0.1, -0.05) is 12.1 Å². The van der Waals surface area contributed by atoms with Crippen molar-refractivity contribution >= 4 is 16.9 Å². The highest BCUT2D eigenvalue weighted by Crippen LogP contribution is 2.30. The maximum atomic E-state index is 12.5. The third-order valence-electron chi connectivity index (χ3n) is 4.31. The van der Waals surface area contributed by atoms with Gasteiger partial charge in [-0.05, 0) is 38.8 Å². The minimum atomic E-state index is 0.0110. The maximum absolute atomic E-state index is 12.5. The zero-order valence-corrected chi connectivity index (χ0v) is 13.3. The number of nitrogens with zero attached hydrogens (tertiary/aromatic N) is 3. The minimum Gasteiger partial charge on any atom is -0.370 e. The van der Waals surface area contributed by atoms with Crippen LogP contribution in [0.2, 0.25) is 0 Å². The SMILES string of the molecule is CCN(CC)C(=O)Cn1c(C2CCCO2)nc2ccccc21. The smallest absolute Gasteiger partial charge is 0.242 e. The number of aromatic nitrogens is 2. The van der Waals surface area contributed by atoms with Gasteiger partial charge < -0.3 is 14.2 Å². The Kier molecular flexibility index (Phi) is 4.43. The van der Waals surface area contributed by atoms with Gasteiger partial charge in [0, 0.05) is 19.7 Å². The van der Waals surface area contributed by atoms with Gasteiger partial charge in [0.25, 0.3) is 0 Å². The van der Waals surface area contributed by atoms with Gasteiger partial charge in [0.05, 0.1) is 11.0 Å². The number of amides is 1. The second-order valence-electron chi connectivity index (χ2n) is 5.61. The van der Waals surface area contributed by atoms with E-state index in [1.54, 1.807) is 0 Å². The molecule has 2 heterocycles. The highest BCUT2D eigenvalue weighted by atomic mass is 16.5. The molecule has 0 spiro atoms. The molecule has 1 amide bonds. The van der Waals surface area contributed by atoms with Gasteiger partial charge in [0.1, 0.15) is 18.5 Å². The molecule has 1 unspecified atom stereocenters. The van der Waals surface area contributed by atoms with Gasteiger partial charge in [-0.2, -0.15) is 0 Å². The molecule has 1 aliphatic heterocycles. The Morgan fingerprint density at radius 1 is 1.36 bits per heavy atom. The quantitative estimate of drug-likeness (QED) is 0.853. The first-order chi connectivity index (χ1) is 10.7. The highest BCUT2D eigenvalue weighted by molar-refractivity contribution is 5.81. The van der Waals surface area contributed by atoms with E-state index < -0.39 is 0 Å². The summed E-state index contributed by atoms with van der Waals surface area (Å²) in [7, 11) is 0. The number of benzene rings is 1. The normalized spacial score (nSPS) is 18.0. The number of ether oxygens (including phenoxy) is 1. The molecule has 0 aliphatic carbocycles. The molecule has 1 aliphatic rings. The van der Waals surface area contributed by atoms with Crippen LogP contribution in [0.3, 0.4) is 0 Å². The Bertz CT molecular complexity index is 655. The van der Waals surface area contributed by atoms with E-state index >= 15 is 0 Å². The van der Waals surface area contributed by atoms with Crippen molar-refractivity contribution in [1.82, 2.24) is 14.5 Å². The van der Waals surface area contributed by atoms with Crippen LogP contribution in [-0.2, 0) is 16.1 Å². The van der Waals surface area contributed by atoms with Crippen LogP contribution in [0.25, 0.3) is 11.0 Å². The second kappa shape index (κ2) is 6.48. The van der Waals surface area contributed by atoms with Gasteiger partial charge in [-0.25, -0.2) is 4.98 Å². The molecule has 0 N–H and O–H groups in total. The molecular formula is C17H23N3O2. The molecule has 0 bridgehead atoms. The predicted molar refractivity (Wildman–Crippen MR) is 85.6 cm³/mol. The lowest BCUT2D eigenvalue weighted by molar-refractivity contribution is -0.131. The van der Waals surface area contributed by atoms with E-state index in [1.165, 1.54) is 0 Å². The van der Waals surface area contributed by atoms with Gasteiger partial charge in [0.15, 0.2) is 0 Å². The van der Waals surface area contributed by atoms with Crippen molar-refractivity contribution in [2.24, 2.45) is 0 Å². The summed E-state index contributed by atoms with van der Waals surface area (Å²) in [6.45, 7) is 6.59. The molecule has 1 aromatic carbocycles. The number of carbonyl (C=O) groups excluding carboxylic acids is 1. The molecule has 118 valence electrons. The number of fused-ring (bicyclic) bond motifs is 1. The first kappa shape index (κ1) is 15.0. The molecule has 5 nitrogen and oxygen atoms in total. The zero-order valence-electron chi connectivity index (χ0n) is 13.3. The average Bonchev–Trinajstić information content (AvgIpc) is 3.16. The van der Waals surface area contributed by atoms with Crippen LogP contribution in [0.15, 0.2) is 24.3 Å². The molecule has 0 radical (unpaired) electrons. The zero-order chi connectivity index (χ0) is 15.5. The number of imidazole rings is 1. The summed E-state index contributed by atoms with van der Waals surface area (Å²) in [5.41, 5.74) is 1.94. The first-order valence-electron chi connectivity index (χ1n) is 8.09. The van der Waals surface area contributed by atoms with E-state index in [1.807, 2.05) is 47.6 Å². The first-order valence-corrected chi connectivity index (χ1v) is 8.09. The van der Waals surface area contributed by atoms with Crippen LogP contribution in [0.4, 0.5) is 0 Å². The van der Waals surface area contributed by atoms with E-state index in [9.17, 15) is 4.79 Å². The fraction of sp³-hybridized carbons (Fsp3) is 0.529. The maximum Gasteiger partial charge on any atom is 0.242 e. The fourth-order valence-electron chi connectivity index (χ4n) is 3.10. The predicted octanol–water partition coefficient (Wildman–Crippen LogP) is 2.76. The van der Waals surface area contributed by atoms with E-state index in [2.05, 4.69) is 0 Å². The number of likely N-dealkylation sites (N-methyl/N-ethyl adjacent to an activating group) is 1. The molecular weight excluding hydrogens is 278 g/mol. The standard InChI is InChI=1S/C17H23N3O2/c1-3-19(4-2)16(21)12-20-14-9-6-5-8-13(14)18-17(20)15-10-7-11-22-15/h5-6,8-9,15H,3-4,7,10-12H2,1-2H3. The molecule has 22 heavy (non-hydrogen) atoms. The van der Waals surface area contributed by atoms with Gasteiger partial charge in [0.2, 0.25) is 5.91 Å². The number of carbonyl (C=O) groups is 1. The van der Waals surface area contributed by atoms with Crippen molar-refractivity contribution in [2.75, 3.05) is 19.7 Å². The molecule has 1 saturated heterocycles. The molecule has 3 rings (SSSR count). The largest absolute Gasteiger partial charge is 0.370 e. The van der Waals surface area contributed by atoms with Crippen LogP contribution >= 0.6 is 0 Å². The molecule has 2 aromatic rings. The molecule has 0 saturated carbocycles. The summed E-state index contributed by atoms with van der Waals surface area (Å²) in [5.74, 6) is 1.02. The third-order valence-corrected chi connectivity index (χ3v) is 4.31. The Balaban J connectivity index is 1.98. The second-order valence-corrected chi connectivity index (χ2v) is 5.61. The van der Waals surface area contributed by atoms with Crippen molar-refractivity contribution in [3.05, 3.63) is 30.1 Å². The average molecular weight is 301 g/mol. The summed E-state index contributed by atoms with van der Waals surface area (Å²) < 4.78 is 7.83. The van der Waals surface area contributed by atoms with Crippen molar-refractivity contribution < 1.29 is 9.53 Å². The van der Waals surface area contributed by atoms with E-state index in [0.29, 0.717) is 6.54 Å². The number of hydrogen-bond donors (Lipinski definition) is 0. The van der Waals surface area contributed by atoms with Crippen molar-refractivity contribution in [3.63, 3.8) is 0 Å². The van der Waals surface area contributed by atoms with Crippen LogP contribution in [0, 0.1) is 0 Å². The lowest BCUT2D eigenvalue weighted by Crippen LogP contribution is -2.34. The summed E-state index contributed by atoms with van der Waals surface area (Å²) >= 11 is 0. The fourth-order valence-corrected chi connectivity index (χ4v) is 3.10. The number of para-hydroxylation sites is 2. The van der Waals surface area contributed by atoms with Crippen molar-refractivity contribution in [2.45, 2.75) is 39.3 Å². The van der Waals surface area contributed by atoms with Crippen LogP contribution in [0.5, 0.6) is 0 Å². The van der Waals surface area contributed by atoms with E-state index in [0.717, 1.165) is 49.4 Å². The Labute approximate surface area is 130 Å². The van der Waals surface area contributed by atoms with Crippen LogP contribution in [0.1, 0.15) is 38.6 Å². The summed E-state index contributed by atoms with van der Waals surface area (Å²) in [5, 5.41) is 0. The molecule has 1 aromatic heterocycles. The molecule has 1 fully saturated rings. The molecule has 1 atom stereocenters. The number of rotatable bonds is 5. The Morgan fingerprint density at radius 2 is 2.14 bits per heavy atom. The van der Waals surface area contributed by atoms with E-state index in [-0.39, 0.29) is 12.0 Å². The van der Waals surface area contributed by atoms with Crippen molar-refractivity contribution in [1.29, 1.82) is 0 Å². The molecule has 5 heteroatoms. The topological polar surface area (TPSA) is 47.4 Å². The highest BCUT2D eigenvalue weighted by Gasteiger charge is 2.25. The summed E-state index contributed by atoms with van der Waals surface area (Å²) in [6, 6.07) is 7.98.